The number of carbonyl (C=O) groups excluding carboxylic acids is 2. The Bertz CT molecular complexity index is 2350. The molecule has 2 fully saturated rings. The molecule has 4 aromatic rings. The first kappa shape index (κ1) is 32.6. The number of allylic oxidation sites excluding steroid dienone is 2. The first-order chi connectivity index (χ1) is 23.2. The van der Waals surface area contributed by atoms with Crippen LogP contribution in [0.5, 0.6) is 17.2 Å². The highest BCUT2D eigenvalue weighted by atomic mass is 35.5. The molecule has 4 unspecified atom stereocenters. The van der Waals surface area contributed by atoms with Gasteiger partial charge in [0.1, 0.15) is 5.69 Å². The lowest BCUT2D eigenvalue weighted by Crippen LogP contribution is -2.59. The maximum absolute atomic E-state index is 14.7. The van der Waals surface area contributed by atoms with Crippen LogP contribution in [-0.2, 0) is 36.1 Å². The van der Waals surface area contributed by atoms with Crippen LogP contribution in [0.1, 0.15) is 29.6 Å². The van der Waals surface area contributed by atoms with Gasteiger partial charge < -0.3 is 19.1 Å². The molecule has 4 heterocycles. The Morgan fingerprint density at radius 2 is 1.71 bits per heavy atom. The number of fused-ring (bicyclic) bond motifs is 5. The van der Waals surface area contributed by atoms with Gasteiger partial charge in [0, 0.05) is 57.1 Å². The maximum atomic E-state index is 14.7. The van der Waals surface area contributed by atoms with Crippen molar-refractivity contribution in [3.8, 4) is 17.2 Å². The van der Waals surface area contributed by atoms with Gasteiger partial charge in [0.05, 0.1) is 37.8 Å². The van der Waals surface area contributed by atoms with Gasteiger partial charge in [-0.15, -0.1) is 23.2 Å². The average molecular weight is 716 g/mol. The number of alkyl halides is 2. The van der Waals surface area contributed by atoms with Crippen molar-refractivity contribution in [2.45, 2.75) is 47.6 Å². The molecule has 1 N–H and O–H groups in total. The number of imide groups is 1. The van der Waals surface area contributed by atoms with E-state index in [4.69, 9.17) is 32.7 Å². The number of rotatable bonds is 6. The lowest BCUT2D eigenvalue weighted by molar-refractivity contribution is -0.137. The molecule has 1 saturated heterocycles. The van der Waals surface area contributed by atoms with E-state index in [2.05, 4.69) is 4.98 Å². The third kappa shape index (κ3) is 4.24. The molecule has 14 nitrogen and oxygen atoms in total. The van der Waals surface area contributed by atoms with Crippen LogP contribution in [0.25, 0.3) is 11.0 Å². The Hall–Kier alpha value is -4.89. The Kier molecular flexibility index (Phi) is 7.37. The van der Waals surface area contributed by atoms with Crippen LogP contribution in [0.15, 0.2) is 56.4 Å². The number of aryl methyl sites for hydroxylation is 2. The quantitative estimate of drug-likeness (QED) is 0.178. The predicted molar refractivity (Wildman–Crippen MR) is 174 cm³/mol. The first-order valence-corrected chi connectivity index (χ1v) is 15.9. The van der Waals surface area contributed by atoms with Gasteiger partial charge >= 0.3 is 11.4 Å². The lowest BCUT2D eigenvalue weighted by Gasteiger charge is -2.49. The molecule has 256 valence electrons. The minimum Gasteiger partial charge on any atom is -0.505 e. The molecule has 0 spiro atoms. The molecule has 4 atom stereocenters. The number of carbonyl (C=O) groups is 2. The summed E-state index contributed by atoms with van der Waals surface area (Å²) in [5, 5.41) is 10.8. The number of halogens is 3. The van der Waals surface area contributed by atoms with E-state index in [1.54, 1.807) is 25.3 Å². The van der Waals surface area contributed by atoms with E-state index in [-0.39, 0.29) is 37.2 Å². The number of phenols is 1. The summed E-state index contributed by atoms with van der Waals surface area (Å²) in [6.45, 7) is -0.384. The van der Waals surface area contributed by atoms with Crippen molar-refractivity contribution in [3.05, 3.63) is 90.4 Å². The van der Waals surface area contributed by atoms with E-state index >= 15 is 0 Å². The number of phenolic OH excluding ortho intramolecular Hbond substituents is 1. The summed E-state index contributed by atoms with van der Waals surface area (Å²) in [5.74, 6) is -4.03. The third-order valence-electron chi connectivity index (χ3n) is 9.91. The SMILES string of the molecule is COc1cc2nc(CCn3c(=O)n4n(c3=O)C3CC5(Cl)C(=O)N(C)C(=O)C5(Cl)C(c5cccc(F)c5O)C3=CC4)c(=O)n(C)c2cc1OC. The number of ether oxygens (including phenoxy) is 2. The highest BCUT2D eigenvalue weighted by molar-refractivity contribution is 6.53. The van der Waals surface area contributed by atoms with E-state index in [9.17, 15) is 33.5 Å². The molecule has 17 heteroatoms. The molecule has 2 aromatic heterocycles. The normalized spacial score (nSPS) is 24.5. The van der Waals surface area contributed by atoms with E-state index < -0.39 is 62.0 Å². The largest absolute Gasteiger partial charge is 0.505 e. The highest BCUT2D eigenvalue weighted by Crippen LogP contribution is 2.64. The second kappa shape index (κ2) is 11.1. The Morgan fingerprint density at radius 1 is 1.02 bits per heavy atom. The average Bonchev–Trinajstić information content (AvgIpc) is 3.40. The number of aromatic hydroxyl groups is 1. The van der Waals surface area contributed by atoms with Gasteiger partial charge in [-0.1, -0.05) is 18.2 Å². The summed E-state index contributed by atoms with van der Waals surface area (Å²) in [6, 6.07) is 5.84. The van der Waals surface area contributed by atoms with Crippen LogP contribution in [0.3, 0.4) is 0 Å². The van der Waals surface area contributed by atoms with Crippen LogP contribution in [0.4, 0.5) is 4.39 Å². The molecule has 1 aliphatic carbocycles. The number of aromatic nitrogens is 5. The summed E-state index contributed by atoms with van der Waals surface area (Å²) in [5.41, 5.74) is -0.733. The molecule has 0 radical (unpaired) electrons. The molecule has 2 amide bonds. The number of methoxy groups -OCH3 is 2. The number of benzene rings is 2. The Morgan fingerprint density at radius 3 is 2.41 bits per heavy atom. The van der Waals surface area contributed by atoms with Crippen molar-refractivity contribution in [3.63, 3.8) is 0 Å². The molecule has 7 rings (SSSR count). The van der Waals surface area contributed by atoms with Crippen molar-refractivity contribution in [2.75, 3.05) is 21.3 Å². The summed E-state index contributed by atoms with van der Waals surface area (Å²) >= 11 is 14.1. The number of likely N-dealkylation sites (tertiary alicyclic amines) is 1. The Labute approximate surface area is 286 Å². The minimum atomic E-state index is -2.20. The molecular weight excluding hydrogens is 686 g/mol. The van der Waals surface area contributed by atoms with Crippen molar-refractivity contribution in [2.24, 2.45) is 7.05 Å². The second-order valence-electron chi connectivity index (χ2n) is 12.2. The third-order valence-corrected chi connectivity index (χ3v) is 11.3. The number of amides is 2. The number of nitrogens with zero attached hydrogens (tertiary/aromatic N) is 6. The maximum Gasteiger partial charge on any atom is 0.347 e. The summed E-state index contributed by atoms with van der Waals surface area (Å²) in [6.07, 6.45) is 1.11. The van der Waals surface area contributed by atoms with Crippen molar-refractivity contribution in [1.82, 2.24) is 28.4 Å². The zero-order valence-electron chi connectivity index (χ0n) is 26.6. The zero-order valence-corrected chi connectivity index (χ0v) is 28.1. The smallest absolute Gasteiger partial charge is 0.347 e. The fourth-order valence-electron chi connectivity index (χ4n) is 7.45. The molecule has 3 aliphatic rings. The Balaban J connectivity index is 1.32. The highest BCUT2D eigenvalue weighted by Gasteiger charge is 2.75. The van der Waals surface area contributed by atoms with E-state index in [1.165, 1.54) is 38.0 Å². The lowest BCUT2D eigenvalue weighted by atomic mass is 9.64. The molecule has 1 saturated carbocycles. The number of para-hydroxylation sites is 1. The first-order valence-electron chi connectivity index (χ1n) is 15.1. The van der Waals surface area contributed by atoms with Crippen LogP contribution in [0.2, 0.25) is 0 Å². The van der Waals surface area contributed by atoms with Crippen molar-refractivity contribution in [1.29, 1.82) is 0 Å². The molecule has 2 aliphatic heterocycles. The van der Waals surface area contributed by atoms with Crippen LogP contribution in [-0.4, -0.2) is 76.3 Å². The topological polar surface area (TPSA) is 160 Å². The van der Waals surface area contributed by atoms with Gasteiger partial charge in [-0.3, -0.25) is 19.3 Å². The molecule has 2 aromatic carbocycles. The minimum absolute atomic E-state index is 0.0885. The van der Waals surface area contributed by atoms with Gasteiger partial charge in [-0.25, -0.2) is 32.9 Å². The summed E-state index contributed by atoms with van der Waals surface area (Å²) in [4.78, 5) is 69.2. The van der Waals surface area contributed by atoms with E-state index in [0.717, 1.165) is 24.9 Å². The van der Waals surface area contributed by atoms with Gasteiger partial charge in [0.15, 0.2) is 32.8 Å². The number of hydrogen-bond donors (Lipinski definition) is 1. The van der Waals surface area contributed by atoms with E-state index in [1.807, 2.05) is 0 Å². The summed E-state index contributed by atoms with van der Waals surface area (Å²) in [7, 11) is 5.72. The fraction of sp³-hybridized carbons (Fsp3) is 0.375. The molecule has 0 bridgehead atoms. The van der Waals surface area contributed by atoms with Gasteiger partial charge in [0.25, 0.3) is 17.4 Å². The van der Waals surface area contributed by atoms with Crippen molar-refractivity contribution < 1.29 is 28.6 Å². The van der Waals surface area contributed by atoms with Gasteiger partial charge in [-0.05, 0) is 11.6 Å². The molecular formula is C32H29Cl2FN6O8. The zero-order chi connectivity index (χ0) is 35.3. The fourth-order valence-corrected chi connectivity index (χ4v) is 8.44. The van der Waals surface area contributed by atoms with Crippen LogP contribution >= 0.6 is 23.2 Å². The summed E-state index contributed by atoms with van der Waals surface area (Å²) < 4.78 is 30.1. The predicted octanol–water partition coefficient (Wildman–Crippen LogP) is 1.79. The van der Waals surface area contributed by atoms with Crippen LogP contribution in [0, 0.1) is 5.82 Å². The monoisotopic (exact) mass is 714 g/mol. The standard InChI is InChI=1S/C32H29Cl2FN6O8/c1-37-20-13-23(49-4)22(48-3)12-19(20)36-18(26(37)43)9-10-39-29(46)40-11-8-15-21(41(40)30(39)47)14-31(33)27(44)38(2)28(45)32(31,34)24(15)16-6-5-7-17(35)25(16)42/h5-8,12-13,21,24,42H,9-11,14H2,1-4H3. The number of hydrogen-bond acceptors (Lipinski definition) is 9. The van der Waals surface area contributed by atoms with Gasteiger partial charge in [0.2, 0.25) is 0 Å². The van der Waals surface area contributed by atoms with E-state index in [0.29, 0.717) is 28.1 Å². The second-order valence-corrected chi connectivity index (χ2v) is 13.5. The molecule has 49 heavy (non-hydrogen) atoms. The van der Waals surface area contributed by atoms with Crippen LogP contribution < -0.4 is 26.4 Å². The van der Waals surface area contributed by atoms with Gasteiger partial charge in [-0.2, -0.15) is 0 Å². The van der Waals surface area contributed by atoms with Crippen molar-refractivity contribution >= 4 is 46.0 Å².